The standard InChI is InChI=1S/C13H13N3O5/c14-7-8-1-3-9(4-2-8)12-10(15(18)19)5-6-11(17)13(12)16(20)21/h1-4,10-13,17H,5-6H2. The molecule has 0 spiro atoms. The van der Waals surface area contributed by atoms with Crippen LogP contribution in [0.15, 0.2) is 24.3 Å². The molecule has 110 valence electrons. The van der Waals surface area contributed by atoms with E-state index in [1.54, 1.807) is 0 Å². The summed E-state index contributed by atoms with van der Waals surface area (Å²) in [6, 6.07) is 5.27. The summed E-state index contributed by atoms with van der Waals surface area (Å²) in [5.41, 5.74) is 0.765. The molecule has 1 aromatic carbocycles. The predicted octanol–water partition coefficient (Wildman–Crippen LogP) is 1.09. The molecule has 0 aliphatic heterocycles. The first-order chi connectivity index (χ1) is 9.95. The Hall–Kier alpha value is -2.53. The van der Waals surface area contributed by atoms with Crippen LogP contribution >= 0.6 is 0 Å². The van der Waals surface area contributed by atoms with Gasteiger partial charge in [0.2, 0.25) is 6.04 Å². The van der Waals surface area contributed by atoms with E-state index in [4.69, 9.17) is 5.26 Å². The Morgan fingerprint density at radius 3 is 2.24 bits per heavy atom. The van der Waals surface area contributed by atoms with Crippen molar-refractivity contribution in [2.24, 2.45) is 0 Å². The molecule has 8 heteroatoms. The van der Waals surface area contributed by atoms with E-state index in [0.717, 1.165) is 0 Å². The lowest BCUT2D eigenvalue weighted by atomic mass is 9.75. The average molecular weight is 291 g/mol. The van der Waals surface area contributed by atoms with E-state index in [0.29, 0.717) is 11.1 Å². The molecule has 4 unspecified atom stereocenters. The molecule has 0 heterocycles. The van der Waals surface area contributed by atoms with Gasteiger partial charge in [0.1, 0.15) is 12.0 Å². The topological polar surface area (TPSA) is 130 Å². The molecule has 1 fully saturated rings. The van der Waals surface area contributed by atoms with Gasteiger partial charge in [-0.15, -0.1) is 0 Å². The van der Waals surface area contributed by atoms with Crippen LogP contribution in [0, 0.1) is 31.6 Å². The van der Waals surface area contributed by atoms with Gasteiger partial charge >= 0.3 is 0 Å². The molecule has 4 atom stereocenters. The van der Waals surface area contributed by atoms with E-state index in [2.05, 4.69) is 0 Å². The first-order valence-corrected chi connectivity index (χ1v) is 6.41. The van der Waals surface area contributed by atoms with Crippen molar-refractivity contribution in [1.29, 1.82) is 5.26 Å². The molecule has 1 aromatic rings. The summed E-state index contributed by atoms with van der Waals surface area (Å²) in [5, 5.41) is 41.0. The summed E-state index contributed by atoms with van der Waals surface area (Å²) >= 11 is 0. The minimum Gasteiger partial charge on any atom is -0.386 e. The van der Waals surface area contributed by atoms with Crippen molar-refractivity contribution in [2.75, 3.05) is 0 Å². The number of rotatable bonds is 3. The van der Waals surface area contributed by atoms with Crippen molar-refractivity contribution in [2.45, 2.75) is 36.9 Å². The quantitative estimate of drug-likeness (QED) is 0.655. The maximum atomic E-state index is 11.2. The van der Waals surface area contributed by atoms with Crippen LogP contribution in [0.1, 0.15) is 29.9 Å². The molecule has 1 N–H and O–H groups in total. The van der Waals surface area contributed by atoms with Gasteiger partial charge < -0.3 is 5.11 Å². The van der Waals surface area contributed by atoms with Crippen LogP contribution in [-0.2, 0) is 0 Å². The number of hydrogen-bond donors (Lipinski definition) is 1. The Bertz CT molecular complexity index is 595. The van der Waals surface area contributed by atoms with Gasteiger partial charge in [0.25, 0.3) is 6.04 Å². The Morgan fingerprint density at radius 1 is 1.14 bits per heavy atom. The van der Waals surface area contributed by atoms with Crippen molar-refractivity contribution in [3.05, 3.63) is 55.6 Å². The molecule has 21 heavy (non-hydrogen) atoms. The third kappa shape index (κ3) is 2.83. The van der Waals surface area contributed by atoms with E-state index in [1.165, 1.54) is 24.3 Å². The Morgan fingerprint density at radius 2 is 1.76 bits per heavy atom. The van der Waals surface area contributed by atoms with Crippen molar-refractivity contribution >= 4 is 0 Å². The molecule has 0 amide bonds. The number of aliphatic hydroxyl groups is 1. The lowest BCUT2D eigenvalue weighted by molar-refractivity contribution is -0.581. The van der Waals surface area contributed by atoms with E-state index in [1.807, 2.05) is 6.07 Å². The summed E-state index contributed by atoms with van der Waals surface area (Å²) in [6.45, 7) is 0. The second kappa shape index (κ2) is 5.85. The second-order valence-electron chi connectivity index (χ2n) is 5.03. The molecule has 2 rings (SSSR count). The van der Waals surface area contributed by atoms with Crippen LogP contribution in [-0.4, -0.2) is 33.1 Å². The summed E-state index contributed by atoms with van der Waals surface area (Å²) in [6.07, 6.45) is -1.09. The summed E-state index contributed by atoms with van der Waals surface area (Å²) in [4.78, 5) is 21.2. The van der Waals surface area contributed by atoms with Crippen molar-refractivity contribution in [3.63, 3.8) is 0 Å². The number of nitriles is 1. The minimum atomic E-state index is -1.41. The molecule has 1 aliphatic rings. The maximum Gasteiger partial charge on any atom is 0.251 e. The third-order valence-corrected chi connectivity index (χ3v) is 3.87. The molecule has 1 aliphatic carbocycles. The molecule has 1 saturated carbocycles. The second-order valence-corrected chi connectivity index (χ2v) is 5.03. The molecular formula is C13H13N3O5. The van der Waals surface area contributed by atoms with Gasteiger partial charge in [-0.1, -0.05) is 12.1 Å². The zero-order valence-corrected chi connectivity index (χ0v) is 11.0. The molecule has 8 nitrogen and oxygen atoms in total. The highest BCUT2D eigenvalue weighted by atomic mass is 16.6. The normalized spacial score (nSPS) is 28.6. The molecular weight excluding hydrogens is 278 g/mol. The van der Waals surface area contributed by atoms with Crippen LogP contribution in [0.5, 0.6) is 0 Å². The van der Waals surface area contributed by atoms with Crippen molar-refractivity contribution in [1.82, 2.24) is 0 Å². The zero-order valence-electron chi connectivity index (χ0n) is 11.0. The average Bonchev–Trinajstić information content (AvgIpc) is 2.46. The number of benzene rings is 1. The zero-order chi connectivity index (χ0) is 15.6. The fourth-order valence-electron chi connectivity index (χ4n) is 2.87. The van der Waals surface area contributed by atoms with Crippen LogP contribution < -0.4 is 0 Å². The first-order valence-electron chi connectivity index (χ1n) is 6.41. The predicted molar refractivity (Wildman–Crippen MR) is 70.7 cm³/mol. The molecule has 0 aromatic heterocycles. The van der Waals surface area contributed by atoms with Crippen LogP contribution in [0.3, 0.4) is 0 Å². The fraction of sp³-hybridized carbons (Fsp3) is 0.462. The number of nitro groups is 2. The van der Waals surface area contributed by atoms with E-state index >= 15 is 0 Å². The fourth-order valence-corrected chi connectivity index (χ4v) is 2.87. The molecule has 0 bridgehead atoms. The summed E-state index contributed by atoms with van der Waals surface area (Å²) in [5.74, 6) is -1.01. The van der Waals surface area contributed by atoms with E-state index < -0.39 is 34.0 Å². The SMILES string of the molecule is N#Cc1ccc(C2C([N+](=O)[O-])CCC(O)C2[N+](=O)[O-])cc1. The highest BCUT2D eigenvalue weighted by molar-refractivity contribution is 5.34. The monoisotopic (exact) mass is 291 g/mol. The van der Waals surface area contributed by atoms with Gasteiger partial charge in [-0.3, -0.25) is 20.2 Å². The van der Waals surface area contributed by atoms with E-state index in [-0.39, 0.29) is 12.8 Å². The van der Waals surface area contributed by atoms with Gasteiger partial charge in [0.15, 0.2) is 0 Å². The minimum absolute atomic E-state index is 0.0318. The Balaban J connectivity index is 2.46. The highest BCUT2D eigenvalue weighted by Gasteiger charge is 2.52. The Labute approximate surface area is 119 Å². The van der Waals surface area contributed by atoms with Crippen LogP contribution in [0.4, 0.5) is 0 Å². The lowest BCUT2D eigenvalue weighted by Crippen LogP contribution is -2.50. The van der Waals surface area contributed by atoms with Crippen molar-refractivity contribution < 1.29 is 15.0 Å². The van der Waals surface area contributed by atoms with Gasteiger partial charge in [-0.2, -0.15) is 5.26 Å². The van der Waals surface area contributed by atoms with Crippen LogP contribution in [0.2, 0.25) is 0 Å². The number of hydrogen-bond acceptors (Lipinski definition) is 6. The Kier molecular flexibility index (Phi) is 4.14. The summed E-state index contributed by atoms with van der Waals surface area (Å²) < 4.78 is 0. The number of aliphatic hydroxyl groups excluding tert-OH is 1. The molecule has 0 saturated heterocycles. The van der Waals surface area contributed by atoms with Gasteiger partial charge in [-0.05, 0) is 24.1 Å². The van der Waals surface area contributed by atoms with E-state index in [9.17, 15) is 25.3 Å². The van der Waals surface area contributed by atoms with Crippen molar-refractivity contribution in [3.8, 4) is 6.07 Å². The largest absolute Gasteiger partial charge is 0.386 e. The van der Waals surface area contributed by atoms with Crippen LogP contribution in [0.25, 0.3) is 0 Å². The third-order valence-electron chi connectivity index (χ3n) is 3.87. The molecule has 0 radical (unpaired) electrons. The smallest absolute Gasteiger partial charge is 0.251 e. The summed E-state index contributed by atoms with van der Waals surface area (Å²) in [7, 11) is 0. The highest BCUT2D eigenvalue weighted by Crippen LogP contribution is 2.36. The maximum absolute atomic E-state index is 11.2. The number of nitrogens with zero attached hydrogens (tertiary/aromatic N) is 3. The lowest BCUT2D eigenvalue weighted by Gasteiger charge is -2.31. The van der Waals surface area contributed by atoms with Gasteiger partial charge in [0.05, 0.1) is 11.6 Å². The van der Waals surface area contributed by atoms with Gasteiger partial charge in [0, 0.05) is 16.3 Å². The van der Waals surface area contributed by atoms with Gasteiger partial charge in [-0.25, -0.2) is 0 Å². The first kappa shape index (κ1) is 14.9.